The number of anilines is 1. The van der Waals surface area contributed by atoms with Gasteiger partial charge in [0.15, 0.2) is 0 Å². The van der Waals surface area contributed by atoms with Crippen molar-refractivity contribution < 1.29 is 9.13 Å². The quantitative estimate of drug-likeness (QED) is 0.282. The van der Waals surface area contributed by atoms with E-state index in [9.17, 15) is 4.39 Å². The monoisotopic (exact) mass is 427 g/mol. The smallest absolute Gasteiger partial charge is 0.213 e. The van der Waals surface area contributed by atoms with Gasteiger partial charge in [-0.25, -0.2) is 15.0 Å². The second kappa shape index (κ2) is 8.78. The van der Waals surface area contributed by atoms with Crippen molar-refractivity contribution in [2.24, 2.45) is 0 Å². The zero-order valence-corrected chi connectivity index (χ0v) is 17.0. The first-order valence-corrected chi connectivity index (χ1v) is 11.6. The largest absolute Gasteiger partial charge is 0.362 e. The van der Waals surface area contributed by atoms with Crippen LogP contribution in [0, 0.1) is 11.4 Å². The van der Waals surface area contributed by atoms with Crippen molar-refractivity contribution in [2.75, 3.05) is 43.2 Å². The summed E-state index contributed by atoms with van der Waals surface area (Å²) >= 11 is 3.43. The molecule has 1 heterocycles. The fourth-order valence-corrected chi connectivity index (χ4v) is 3.08. The Morgan fingerprint density at radius 1 is 1.28 bits per heavy atom. The van der Waals surface area contributed by atoms with Gasteiger partial charge in [-0.2, -0.15) is 4.39 Å². The van der Waals surface area contributed by atoms with Gasteiger partial charge in [-0.15, -0.1) is 0 Å². The van der Waals surface area contributed by atoms with Gasteiger partial charge in [-0.1, -0.05) is 15.9 Å². The summed E-state index contributed by atoms with van der Waals surface area (Å²) in [4.78, 5) is 3.54. The molecule has 1 aromatic heterocycles. The molecule has 0 atom stereocenters. The molecule has 0 aliphatic carbocycles. The van der Waals surface area contributed by atoms with Crippen LogP contribution >= 0.6 is 26.0 Å². The second-order valence-electron chi connectivity index (χ2n) is 6.46. The Morgan fingerprint density at radius 2 is 2.04 bits per heavy atom. The molecule has 25 heavy (non-hydrogen) atoms. The number of ether oxygens (including phenoxy) is 1. The molecular formula is C18H23BrFN3OS. The molecule has 0 radical (unpaired) electrons. The predicted octanol–water partition coefficient (Wildman–Crippen LogP) is 4.48. The van der Waals surface area contributed by atoms with Crippen molar-refractivity contribution in [3.05, 3.63) is 58.1 Å². The molecule has 0 fully saturated rings. The van der Waals surface area contributed by atoms with Crippen molar-refractivity contribution >= 4 is 37.4 Å². The van der Waals surface area contributed by atoms with Crippen LogP contribution < -0.4 is 5.32 Å². The molecule has 0 spiro atoms. The van der Waals surface area contributed by atoms with Gasteiger partial charge >= 0.3 is 0 Å². The van der Waals surface area contributed by atoms with Crippen molar-refractivity contribution in [1.82, 2.24) is 4.98 Å². The Morgan fingerprint density at radius 3 is 2.72 bits per heavy atom. The zero-order chi connectivity index (χ0) is 18.4. The zero-order valence-electron chi connectivity index (χ0n) is 14.6. The highest BCUT2D eigenvalue weighted by Gasteiger charge is 2.12. The summed E-state index contributed by atoms with van der Waals surface area (Å²) in [6.45, 7) is 1.06. The Hall–Kier alpha value is -1.44. The van der Waals surface area contributed by atoms with E-state index in [1.54, 1.807) is 6.07 Å². The van der Waals surface area contributed by atoms with Gasteiger partial charge in [0, 0.05) is 39.3 Å². The standard InChI is InChI=1S/C18H23BrFN3OS/c1-25(2,3)9-8-24-12-23-16-5-4-14(19)11-15(16)18(21)13-6-7-22-17(20)10-13/h4-7,10-11,21,23H,8-9,12H2,1-3H3. The number of hydrogen-bond donors (Lipinski definition) is 2. The molecule has 2 aromatic rings. The molecule has 7 heteroatoms. The molecule has 0 saturated heterocycles. The number of nitrogens with one attached hydrogen (secondary N) is 2. The minimum atomic E-state index is -0.597. The first kappa shape index (κ1) is 19.9. The van der Waals surface area contributed by atoms with Gasteiger partial charge in [-0.05, 0) is 43.0 Å². The maximum Gasteiger partial charge on any atom is 0.213 e. The maximum atomic E-state index is 13.4. The molecule has 0 saturated carbocycles. The molecule has 0 aliphatic heterocycles. The molecule has 0 aliphatic rings. The minimum absolute atomic E-state index is 0.226. The van der Waals surface area contributed by atoms with Crippen LogP contribution in [0.1, 0.15) is 11.1 Å². The van der Waals surface area contributed by atoms with Gasteiger partial charge in [-0.3, -0.25) is 5.41 Å². The second-order valence-corrected chi connectivity index (χ2v) is 12.0. The normalized spacial score (nSPS) is 12.0. The van der Waals surface area contributed by atoms with Crippen LogP contribution in [-0.4, -0.2) is 48.6 Å². The SMILES string of the molecule is CS(C)(C)CCOCNc1ccc(Br)cc1C(=N)c1ccnc(F)c1. The maximum absolute atomic E-state index is 13.4. The number of nitrogens with zero attached hydrogens (tertiary/aromatic N) is 1. The van der Waals surface area contributed by atoms with Crippen LogP contribution in [0.4, 0.5) is 10.1 Å². The highest BCUT2D eigenvalue weighted by Crippen LogP contribution is 2.33. The molecular weight excluding hydrogens is 405 g/mol. The molecule has 2 N–H and O–H groups in total. The molecule has 4 nitrogen and oxygen atoms in total. The summed E-state index contributed by atoms with van der Waals surface area (Å²) in [7, 11) is -0.571. The van der Waals surface area contributed by atoms with Crippen LogP contribution in [0.5, 0.6) is 0 Å². The summed E-state index contributed by atoms with van der Waals surface area (Å²) in [6.07, 6.45) is 8.13. The molecule has 0 amide bonds. The number of halogens is 2. The van der Waals surface area contributed by atoms with E-state index in [1.807, 2.05) is 18.2 Å². The number of aromatic nitrogens is 1. The molecule has 1 aromatic carbocycles. The van der Waals surface area contributed by atoms with Gasteiger partial charge in [0.05, 0.1) is 12.3 Å². The van der Waals surface area contributed by atoms with Crippen LogP contribution in [0.2, 0.25) is 0 Å². The van der Waals surface area contributed by atoms with Crippen LogP contribution in [0.15, 0.2) is 41.0 Å². The molecule has 2 rings (SSSR count). The molecule has 0 unspecified atom stereocenters. The van der Waals surface area contributed by atoms with E-state index in [0.29, 0.717) is 24.5 Å². The highest BCUT2D eigenvalue weighted by atomic mass is 79.9. The topological polar surface area (TPSA) is 58.0 Å². The highest BCUT2D eigenvalue weighted by molar-refractivity contribution is 9.10. The van der Waals surface area contributed by atoms with Crippen molar-refractivity contribution in [1.29, 1.82) is 5.41 Å². The summed E-state index contributed by atoms with van der Waals surface area (Å²) in [6, 6.07) is 8.49. The molecule has 0 bridgehead atoms. The van der Waals surface area contributed by atoms with Gasteiger partial charge in [0.1, 0.15) is 6.73 Å². The van der Waals surface area contributed by atoms with E-state index < -0.39 is 16.0 Å². The van der Waals surface area contributed by atoms with Gasteiger partial charge in [0.2, 0.25) is 5.95 Å². The third-order valence-corrected chi connectivity index (χ3v) is 5.36. The van der Waals surface area contributed by atoms with E-state index >= 15 is 0 Å². The van der Waals surface area contributed by atoms with Crippen molar-refractivity contribution in [2.45, 2.75) is 0 Å². The lowest BCUT2D eigenvalue weighted by molar-refractivity contribution is 0.169. The lowest BCUT2D eigenvalue weighted by Crippen LogP contribution is -2.14. The average molecular weight is 428 g/mol. The Bertz CT molecular complexity index is 749. The first-order valence-electron chi connectivity index (χ1n) is 7.74. The van der Waals surface area contributed by atoms with E-state index in [4.69, 9.17) is 10.1 Å². The number of benzene rings is 1. The fourth-order valence-electron chi connectivity index (χ4n) is 2.10. The fraction of sp³-hybridized carbons (Fsp3) is 0.333. The van der Waals surface area contributed by atoms with Gasteiger partial charge in [0.25, 0.3) is 0 Å². The minimum Gasteiger partial charge on any atom is -0.362 e. The molecule has 136 valence electrons. The average Bonchev–Trinajstić information content (AvgIpc) is 2.54. The summed E-state index contributed by atoms with van der Waals surface area (Å²) < 4.78 is 19.9. The van der Waals surface area contributed by atoms with E-state index in [1.165, 1.54) is 12.3 Å². The number of rotatable bonds is 8. The lowest BCUT2D eigenvalue weighted by Gasteiger charge is -2.24. The van der Waals surface area contributed by atoms with E-state index in [0.717, 1.165) is 15.9 Å². The summed E-state index contributed by atoms with van der Waals surface area (Å²) in [5, 5.41) is 11.6. The van der Waals surface area contributed by atoms with Crippen molar-refractivity contribution in [3.8, 4) is 0 Å². The van der Waals surface area contributed by atoms with Crippen molar-refractivity contribution in [3.63, 3.8) is 0 Å². The first-order chi connectivity index (χ1) is 11.8. The lowest BCUT2D eigenvalue weighted by atomic mass is 10.0. The summed E-state index contributed by atoms with van der Waals surface area (Å²) in [5.74, 6) is 0.452. The van der Waals surface area contributed by atoms with Crippen LogP contribution in [0.25, 0.3) is 0 Å². The van der Waals surface area contributed by atoms with Crippen LogP contribution in [-0.2, 0) is 4.74 Å². The third-order valence-electron chi connectivity index (χ3n) is 3.47. The van der Waals surface area contributed by atoms with E-state index in [2.05, 4.69) is 45.0 Å². The Balaban J connectivity index is 2.08. The third kappa shape index (κ3) is 6.41. The Kier molecular flexibility index (Phi) is 6.98. The van der Waals surface area contributed by atoms with Gasteiger partial charge < -0.3 is 10.1 Å². The number of pyridine rings is 1. The van der Waals surface area contributed by atoms with E-state index in [-0.39, 0.29) is 5.71 Å². The number of hydrogen-bond acceptors (Lipinski definition) is 4. The van der Waals surface area contributed by atoms with Crippen LogP contribution in [0.3, 0.4) is 0 Å². The predicted molar refractivity (Wildman–Crippen MR) is 109 cm³/mol. The summed E-state index contributed by atoms with van der Waals surface area (Å²) in [5.41, 5.74) is 2.15. The Labute approximate surface area is 158 Å².